The molecule has 2 N–H and O–H groups in total. The lowest BCUT2D eigenvalue weighted by Crippen LogP contribution is -2.29. The van der Waals surface area contributed by atoms with Gasteiger partial charge < -0.3 is 14.9 Å². The quantitative estimate of drug-likeness (QED) is 0.459. The molecule has 1 atom stereocenters. The molecule has 0 bridgehead atoms. The van der Waals surface area contributed by atoms with Crippen molar-refractivity contribution >= 4 is 46.5 Å². The second-order valence-corrected chi connectivity index (χ2v) is 7.71. The Kier molecular flexibility index (Phi) is 7.11. The Morgan fingerprint density at radius 2 is 1.97 bits per heavy atom. The largest absolute Gasteiger partial charge is 0.479 e. The molecule has 1 heterocycles. The molecule has 0 radical (unpaired) electrons. The van der Waals surface area contributed by atoms with E-state index in [2.05, 4.69) is 11.6 Å². The maximum Gasteiger partial charge on any atom is 0.344 e. The Balaban J connectivity index is 1.94. The van der Waals surface area contributed by atoms with Crippen LogP contribution in [0.25, 0.3) is 6.08 Å². The van der Waals surface area contributed by atoms with Crippen molar-refractivity contribution in [2.24, 2.45) is 4.99 Å². The Hall–Kier alpha value is -3.85. The minimum Gasteiger partial charge on any atom is -0.479 e. The number of para-hydroxylation sites is 1. The summed E-state index contributed by atoms with van der Waals surface area (Å²) >= 11 is 1.11. The van der Waals surface area contributed by atoms with Crippen LogP contribution in [0.2, 0.25) is 0 Å². The lowest BCUT2D eigenvalue weighted by molar-refractivity contribution is -0.144. The van der Waals surface area contributed by atoms with E-state index in [0.717, 1.165) is 11.8 Å². The molecule has 1 aliphatic heterocycles. The normalized spacial score (nSPS) is 16.9. The van der Waals surface area contributed by atoms with Crippen LogP contribution in [-0.4, -0.2) is 50.8 Å². The minimum atomic E-state index is -1.11. The SMILES string of the molecule is C=CCN1C(=O)/C(=C/c2cccc(OC(C)C(=O)O)c2)SC1=Nc1ccccc1C(=O)O. The fourth-order valence-electron chi connectivity index (χ4n) is 2.82. The van der Waals surface area contributed by atoms with Gasteiger partial charge in [-0.3, -0.25) is 9.69 Å². The van der Waals surface area contributed by atoms with Crippen LogP contribution >= 0.6 is 11.8 Å². The van der Waals surface area contributed by atoms with E-state index in [4.69, 9.17) is 9.84 Å². The topological polar surface area (TPSA) is 117 Å². The van der Waals surface area contributed by atoms with Gasteiger partial charge in [-0.05, 0) is 54.6 Å². The van der Waals surface area contributed by atoms with Crippen LogP contribution in [0.5, 0.6) is 5.75 Å². The lowest BCUT2D eigenvalue weighted by Gasteiger charge is -2.13. The van der Waals surface area contributed by atoms with Crippen LogP contribution in [0.1, 0.15) is 22.8 Å². The van der Waals surface area contributed by atoms with E-state index in [1.54, 1.807) is 54.6 Å². The van der Waals surface area contributed by atoms with Crippen LogP contribution in [0.3, 0.4) is 0 Å². The Bertz CT molecular complexity index is 1140. The summed E-state index contributed by atoms with van der Waals surface area (Å²) in [6.07, 6.45) is 2.19. The van der Waals surface area contributed by atoms with Crippen molar-refractivity contribution in [2.75, 3.05) is 6.54 Å². The third kappa shape index (κ3) is 5.25. The summed E-state index contributed by atoms with van der Waals surface area (Å²) in [5.41, 5.74) is 0.909. The first-order valence-electron chi connectivity index (χ1n) is 9.53. The van der Waals surface area contributed by atoms with E-state index in [1.165, 1.54) is 17.9 Å². The minimum absolute atomic E-state index is 0.0291. The second kappa shape index (κ2) is 9.97. The third-order valence-electron chi connectivity index (χ3n) is 4.37. The summed E-state index contributed by atoms with van der Waals surface area (Å²) in [7, 11) is 0. The van der Waals surface area contributed by atoms with Gasteiger partial charge in [0.05, 0.1) is 16.2 Å². The highest BCUT2D eigenvalue weighted by molar-refractivity contribution is 8.18. The summed E-state index contributed by atoms with van der Waals surface area (Å²) in [5.74, 6) is -2.14. The monoisotopic (exact) mass is 452 g/mol. The predicted molar refractivity (Wildman–Crippen MR) is 122 cm³/mol. The zero-order chi connectivity index (χ0) is 23.3. The van der Waals surface area contributed by atoms with E-state index in [-0.39, 0.29) is 23.7 Å². The Morgan fingerprint density at radius 1 is 1.22 bits per heavy atom. The van der Waals surface area contributed by atoms with Crippen molar-refractivity contribution in [3.05, 3.63) is 77.2 Å². The Labute approximate surface area is 188 Å². The molecule has 2 aromatic rings. The van der Waals surface area contributed by atoms with Gasteiger partial charge in [0, 0.05) is 6.54 Å². The first kappa shape index (κ1) is 22.8. The Morgan fingerprint density at radius 3 is 2.66 bits per heavy atom. The highest BCUT2D eigenvalue weighted by Gasteiger charge is 2.33. The predicted octanol–water partition coefficient (Wildman–Crippen LogP) is 4.03. The lowest BCUT2D eigenvalue weighted by atomic mass is 10.2. The van der Waals surface area contributed by atoms with Crippen LogP contribution in [0.15, 0.2) is 71.1 Å². The molecule has 0 saturated carbocycles. The standard InChI is InChI=1S/C23H20N2O6S/c1-3-11-25-20(26)19(13-15-7-6-8-16(12-15)31-14(2)21(27)28)32-23(25)24-18-10-5-4-9-17(18)22(29)30/h3-10,12-14H,1,11H2,2H3,(H,27,28)(H,29,30)/b19-13-,24-23?. The summed E-state index contributed by atoms with van der Waals surface area (Å²) < 4.78 is 5.38. The summed E-state index contributed by atoms with van der Waals surface area (Å²) in [5, 5.41) is 18.7. The molecule has 1 amide bonds. The van der Waals surface area contributed by atoms with Gasteiger partial charge in [-0.1, -0.05) is 30.3 Å². The first-order chi connectivity index (χ1) is 15.3. The number of carboxylic acids is 2. The summed E-state index contributed by atoms with van der Waals surface area (Å²) in [4.78, 5) is 41.7. The highest BCUT2D eigenvalue weighted by Crippen LogP contribution is 2.35. The third-order valence-corrected chi connectivity index (χ3v) is 5.37. The van der Waals surface area contributed by atoms with Crippen LogP contribution in [0.4, 0.5) is 5.69 Å². The average Bonchev–Trinajstić information content (AvgIpc) is 3.03. The molecule has 0 spiro atoms. The number of hydrogen-bond donors (Lipinski definition) is 2. The molecule has 0 aliphatic carbocycles. The summed E-state index contributed by atoms with van der Waals surface area (Å²) in [6, 6.07) is 13.0. The van der Waals surface area contributed by atoms with Crippen molar-refractivity contribution < 1.29 is 29.3 Å². The molecule has 1 unspecified atom stereocenters. The molecule has 3 rings (SSSR count). The number of rotatable bonds is 8. The van der Waals surface area contributed by atoms with E-state index >= 15 is 0 Å². The number of ether oxygens (including phenoxy) is 1. The van der Waals surface area contributed by atoms with Crippen molar-refractivity contribution in [3.63, 3.8) is 0 Å². The smallest absolute Gasteiger partial charge is 0.344 e. The van der Waals surface area contributed by atoms with Gasteiger partial charge in [0.1, 0.15) is 5.75 Å². The molecule has 9 heteroatoms. The number of benzene rings is 2. The number of carboxylic acid groups (broad SMARTS) is 2. The number of carbonyl (C=O) groups excluding carboxylic acids is 1. The molecule has 164 valence electrons. The number of amides is 1. The average molecular weight is 452 g/mol. The molecule has 1 fully saturated rings. The van der Waals surface area contributed by atoms with Gasteiger partial charge in [-0.15, -0.1) is 6.58 Å². The number of nitrogens with zero attached hydrogens (tertiary/aromatic N) is 2. The van der Waals surface area contributed by atoms with Crippen molar-refractivity contribution in [1.82, 2.24) is 4.90 Å². The fourth-order valence-corrected chi connectivity index (χ4v) is 3.82. The molecule has 1 saturated heterocycles. The number of hydrogen-bond acceptors (Lipinski definition) is 6. The van der Waals surface area contributed by atoms with Crippen LogP contribution < -0.4 is 4.74 Å². The molecule has 32 heavy (non-hydrogen) atoms. The number of aliphatic carboxylic acids is 1. The zero-order valence-electron chi connectivity index (χ0n) is 17.1. The van der Waals surface area contributed by atoms with Crippen molar-refractivity contribution in [2.45, 2.75) is 13.0 Å². The molecular weight excluding hydrogens is 432 g/mol. The number of aliphatic imine (C=N–C) groups is 1. The molecule has 1 aliphatic rings. The zero-order valence-corrected chi connectivity index (χ0v) is 17.9. The molecule has 2 aromatic carbocycles. The molecule has 8 nitrogen and oxygen atoms in total. The molecular formula is C23H20N2O6S. The van der Waals surface area contributed by atoms with Gasteiger partial charge in [0.25, 0.3) is 5.91 Å². The van der Waals surface area contributed by atoms with Gasteiger partial charge in [-0.2, -0.15) is 0 Å². The van der Waals surface area contributed by atoms with Gasteiger partial charge in [0.15, 0.2) is 11.3 Å². The van der Waals surface area contributed by atoms with Crippen LogP contribution in [-0.2, 0) is 9.59 Å². The van der Waals surface area contributed by atoms with Gasteiger partial charge >= 0.3 is 11.9 Å². The molecule has 0 aromatic heterocycles. The number of thioether (sulfide) groups is 1. The maximum atomic E-state index is 13.0. The first-order valence-corrected chi connectivity index (χ1v) is 10.3. The number of carbonyl (C=O) groups is 3. The number of amidine groups is 1. The van der Waals surface area contributed by atoms with E-state index in [1.807, 2.05) is 0 Å². The van der Waals surface area contributed by atoms with E-state index in [0.29, 0.717) is 21.4 Å². The van der Waals surface area contributed by atoms with Crippen molar-refractivity contribution in [3.8, 4) is 5.75 Å². The summed E-state index contributed by atoms with van der Waals surface area (Å²) in [6.45, 7) is 5.30. The van der Waals surface area contributed by atoms with E-state index < -0.39 is 18.0 Å². The highest BCUT2D eigenvalue weighted by atomic mass is 32.2. The fraction of sp³-hybridized carbons (Fsp3) is 0.130. The van der Waals surface area contributed by atoms with E-state index in [9.17, 15) is 19.5 Å². The van der Waals surface area contributed by atoms with Gasteiger partial charge in [-0.25, -0.2) is 14.6 Å². The van der Waals surface area contributed by atoms with Gasteiger partial charge in [0.2, 0.25) is 0 Å². The van der Waals surface area contributed by atoms with Crippen molar-refractivity contribution in [1.29, 1.82) is 0 Å². The van der Waals surface area contributed by atoms with Crippen LogP contribution in [0, 0.1) is 0 Å². The number of aromatic carboxylic acids is 1. The maximum absolute atomic E-state index is 13.0. The second-order valence-electron chi connectivity index (χ2n) is 6.70.